The molecule has 0 spiro atoms. The van der Waals surface area contributed by atoms with Crippen LogP contribution in [0.4, 0.5) is 4.79 Å². The maximum Gasteiger partial charge on any atom is 0.373 e. The van der Waals surface area contributed by atoms with E-state index in [9.17, 15) is 9.59 Å². The molecule has 16 heavy (non-hydrogen) atoms. The third-order valence-electron chi connectivity index (χ3n) is 1.83. The maximum absolute atomic E-state index is 11.4. The lowest BCUT2D eigenvalue weighted by atomic mass is 10.3. The highest BCUT2D eigenvalue weighted by Crippen LogP contribution is 2.19. The number of hydrogen-bond acceptors (Lipinski definition) is 4. The molecule has 1 unspecified atom stereocenters. The fraction of sp³-hybridized carbons (Fsp3) is 0.273. The topological polar surface area (TPSA) is 63.6 Å². The Morgan fingerprint density at radius 3 is 2.50 bits per heavy atom. The summed E-state index contributed by atoms with van der Waals surface area (Å²) in [7, 11) is 0. The molecular weight excluding hydrogens is 228 g/mol. The first kappa shape index (κ1) is 12.6. The van der Waals surface area contributed by atoms with Gasteiger partial charge in [0.25, 0.3) is 0 Å². The number of benzene rings is 1. The molecule has 86 valence electrons. The molecule has 0 bridgehead atoms. The number of ether oxygens (including phenoxy) is 1. The number of carboxylic acids is 1. The molecular formula is C11H12O4S. The van der Waals surface area contributed by atoms with Gasteiger partial charge in [-0.05, 0) is 30.3 Å². The quantitative estimate of drug-likeness (QED) is 0.820. The number of carbonyl (C=O) groups excluding carboxylic acids is 1. The van der Waals surface area contributed by atoms with Gasteiger partial charge in [-0.3, -0.25) is 4.79 Å². The monoisotopic (exact) mass is 240 g/mol. The summed E-state index contributed by atoms with van der Waals surface area (Å²) >= 11 is 0.687. The minimum absolute atomic E-state index is 0.379. The second kappa shape index (κ2) is 6.17. The predicted molar refractivity (Wildman–Crippen MR) is 61.8 cm³/mol. The third kappa shape index (κ3) is 3.94. The van der Waals surface area contributed by atoms with Crippen LogP contribution in [0.15, 0.2) is 30.3 Å². The summed E-state index contributed by atoms with van der Waals surface area (Å²) in [6.45, 7) is 1.71. The van der Waals surface area contributed by atoms with Crippen molar-refractivity contribution in [2.75, 3.05) is 0 Å². The minimum Gasteiger partial charge on any atom is -0.480 e. The molecule has 0 saturated carbocycles. The van der Waals surface area contributed by atoms with Gasteiger partial charge in [0.05, 0.1) is 0 Å². The Morgan fingerprint density at radius 2 is 2.00 bits per heavy atom. The van der Waals surface area contributed by atoms with Gasteiger partial charge in [0.2, 0.25) is 0 Å². The molecule has 0 aliphatic heterocycles. The molecule has 1 aromatic carbocycles. The lowest BCUT2D eigenvalue weighted by molar-refractivity contribution is -0.136. The third-order valence-corrected chi connectivity index (χ3v) is 2.92. The van der Waals surface area contributed by atoms with Crippen molar-refractivity contribution in [3.8, 4) is 5.75 Å². The van der Waals surface area contributed by atoms with Crippen LogP contribution < -0.4 is 4.74 Å². The summed E-state index contributed by atoms with van der Waals surface area (Å²) in [5.41, 5.74) is 0. The molecule has 0 fully saturated rings. The maximum atomic E-state index is 11.4. The van der Waals surface area contributed by atoms with E-state index in [4.69, 9.17) is 9.84 Å². The summed E-state index contributed by atoms with van der Waals surface area (Å²) in [5, 5.41) is 7.41. The van der Waals surface area contributed by atoms with Crippen LogP contribution in [-0.4, -0.2) is 21.6 Å². The lowest BCUT2D eigenvalue weighted by Gasteiger charge is -2.08. The second-order valence-electron chi connectivity index (χ2n) is 3.02. The number of carboxylic acid groups (broad SMARTS) is 1. The Balaban J connectivity index is 2.50. The molecule has 0 aromatic heterocycles. The van der Waals surface area contributed by atoms with E-state index >= 15 is 0 Å². The molecule has 1 rings (SSSR count). The van der Waals surface area contributed by atoms with Crippen molar-refractivity contribution >= 4 is 23.0 Å². The summed E-state index contributed by atoms with van der Waals surface area (Å²) in [4.78, 5) is 22.1. The van der Waals surface area contributed by atoms with Crippen molar-refractivity contribution in [2.45, 2.75) is 18.6 Å². The van der Waals surface area contributed by atoms with Crippen LogP contribution in [0.1, 0.15) is 13.3 Å². The van der Waals surface area contributed by atoms with Crippen molar-refractivity contribution < 1.29 is 19.4 Å². The summed E-state index contributed by atoms with van der Waals surface area (Å²) in [5.74, 6) is -0.585. The van der Waals surface area contributed by atoms with Crippen molar-refractivity contribution in [3.63, 3.8) is 0 Å². The SMILES string of the molecule is CCC(SC(=O)Oc1ccccc1)C(=O)O. The van der Waals surface area contributed by atoms with Crippen molar-refractivity contribution in [1.29, 1.82) is 0 Å². The van der Waals surface area contributed by atoms with Gasteiger partial charge in [0.15, 0.2) is 0 Å². The molecule has 5 heteroatoms. The van der Waals surface area contributed by atoms with E-state index in [1.165, 1.54) is 0 Å². The largest absolute Gasteiger partial charge is 0.480 e. The number of hydrogen-bond donors (Lipinski definition) is 1. The van der Waals surface area contributed by atoms with E-state index < -0.39 is 16.5 Å². The van der Waals surface area contributed by atoms with E-state index in [0.717, 1.165) is 0 Å². The Labute approximate surface area is 97.6 Å². The van der Waals surface area contributed by atoms with Gasteiger partial charge in [-0.15, -0.1) is 0 Å². The van der Waals surface area contributed by atoms with Crippen LogP contribution in [-0.2, 0) is 4.79 Å². The Hall–Kier alpha value is -1.49. The standard InChI is InChI=1S/C11H12O4S/c1-2-9(10(12)13)16-11(14)15-8-6-4-3-5-7-8/h3-7,9H,2H2,1H3,(H,12,13). The summed E-state index contributed by atoms with van der Waals surface area (Å²) in [6.07, 6.45) is 0.379. The highest BCUT2D eigenvalue weighted by atomic mass is 32.2. The zero-order valence-electron chi connectivity index (χ0n) is 8.75. The minimum atomic E-state index is -1.00. The van der Waals surface area contributed by atoms with Gasteiger partial charge in [-0.1, -0.05) is 25.1 Å². The highest BCUT2D eigenvalue weighted by Gasteiger charge is 2.21. The van der Waals surface area contributed by atoms with Gasteiger partial charge >= 0.3 is 11.3 Å². The zero-order valence-corrected chi connectivity index (χ0v) is 9.57. The first-order chi connectivity index (χ1) is 7.63. The smallest absolute Gasteiger partial charge is 0.373 e. The molecule has 0 amide bonds. The van der Waals surface area contributed by atoms with Crippen LogP contribution in [0.5, 0.6) is 5.75 Å². The van der Waals surface area contributed by atoms with Crippen LogP contribution in [0.25, 0.3) is 0 Å². The number of carbonyl (C=O) groups is 2. The molecule has 0 aliphatic rings. The van der Waals surface area contributed by atoms with Crippen LogP contribution >= 0.6 is 11.8 Å². The Bertz CT molecular complexity index is 364. The predicted octanol–water partition coefficient (Wildman–Crippen LogP) is 2.78. The van der Waals surface area contributed by atoms with Gasteiger partial charge in [-0.25, -0.2) is 4.79 Å². The molecule has 0 radical (unpaired) electrons. The average Bonchev–Trinajstić information content (AvgIpc) is 2.27. The fourth-order valence-corrected chi connectivity index (χ4v) is 1.68. The average molecular weight is 240 g/mol. The van der Waals surface area contributed by atoms with Gasteiger partial charge in [-0.2, -0.15) is 0 Å². The Morgan fingerprint density at radius 1 is 1.38 bits per heavy atom. The molecule has 0 aliphatic carbocycles. The van der Waals surface area contributed by atoms with E-state index in [1.807, 2.05) is 0 Å². The van der Waals surface area contributed by atoms with Gasteiger partial charge in [0, 0.05) is 0 Å². The molecule has 1 N–H and O–H groups in total. The second-order valence-corrected chi connectivity index (χ2v) is 4.16. The van der Waals surface area contributed by atoms with E-state index in [1.54, 1.807) is 37.3 Å². The van der Waals surface area contributed by atoms with Crippen molar-refractivity contribution in [2.24, 2.45) is 0 Å². The number of thioether (sulfide) groups is 1. The van der Waals surface area contributed by atoms with E-state index in [0.29, 0.717) is 23.9 Å². The molecule has 0 heterocycles. The normalized spacial score (nSPS) is 11.8. The first-order valence-corrected chi connectivity index (χ1v) is 5.67. The Kier molecular flexibility index (Phi) is 4.85. The van der Waals surface area contributed by atoms with Gasteiger partial charge < -0.3 is 9.84 Å². The van der Waals surface area contributed by atoms with Crippen LogP contribution in [0, 0.1) is 0 Å². The number of rotatable bonds is 4. The molecule has 4 nitrogen and oxygen atoms in total. The van der Waals surface area contributed by atoms with Crippen molar-refractivity contribution in [3.05, 3.63) is 30.3 Å². The van der Waals surface area contributed by atoms with Crippen LogP contribution in [0.2, 0.25) is 0 Å². The first-order valence-electron chi connectivity index (χ1n) is 4.79. The van der Waals surface area contributed by atoms with Crippen molar-refractivity contribution in [1.82, 2.24) is 0 Å². The molecule has 1 aromatic rings. The van der Waals surface area contributed by atoms with Gasteiger partial charge in [0.1, 0.15) is 11.0 Å². The highest BCUT2D eigenvalue weighted by molar-refractivity contribution is 8.14. The van der Waals surface area contributed by atoms with E-state index in [-0.39, 0.29) is 0 Å². The molecule has 0 saturated heterocycles. The fourth-order valence-electron chi connectivity index (χ4n) is 1.03. The van der Waals surface area contributed by atoms with Crippen LogP contribution in [0.3, 0.4) is 0 Å². The lowest BCUT2D eigenvalue weighted by Crippen LogP contribution is -2.18. The summed E-state index contributed by atoms with van der Waals surface area (Å²) < 4.78 is 4.96. The number of aliphatic carboxylic acids is 1. The summed E-state index contributed by atoms with van der Waals surface area (Å²) in [6, 6.07) is 8.56. The molecule has 1 atom stereocenters. The number of para-hydroxylation sites is 1. The zero-order chi connectivity index (χ0) is 12.0. The van der Waals surface area contributed by atoms with E-state index in [2.05, 4.69) is 0 Å².